The number of amides is 1. The number of hydrogen-bond acceptors (Lipinski definition) is 4. The van der Waals surface area contributed by atoms with E-state index < -0.39 is 11.9 Å². The van der Waals surface area contributed by atoms with Crippen LogP contribution in [0.5, 0.6) is 0 Å². The minimum absolute atomic E-state index is 0.186. The number of nitrogens with one attached hydrogen (secondary N) is 1. The van der Waals surface area contributed by atoms with Crippen molar-refractivity contribution < 1.29 is 9.18 Å². The topological polar surface area (TPSA) is 61.9 Å². The third kappa shape index (κ3) is 2.46. The first-order chi connectivity index (χ1) is 13.0. The molecule has 0 saturated heterocycles. The second-order valence-electron chi connectivity index (χ2n) is 6.29. The van der Waals surface area contributed by atoms with E-state index in [0.717, 1.165) is 16.0 Å². The minimum atomic E-state index is -0.643. The third-order valence-corrected chi connectivity index (χ3v) is 5.84. The molecule has 2 aromatic heterocycles. The molecule has 0 spiro atoms. The molecule has 3 heterocycles. The van der Waals surface area contributed by atoms with Crippen molar-refractivity contribution in [3.05, 3.63) is 74.7 Å². The second-order valence-corrected chi connectivity index (χ2v) is 7.93. The van der Waals surface area contributed by atoms with Gasteiger partial charge in [0.2, 0.25) is 0 Å². The highest BCUT2D eigenvalue weighted by atomic mass is 35.5. The maximum Gasteiger partial charge on any atom is 0.271 e. The predicted octanol–water partition coefficient (Wildman–Crippen LogP) is 4.87. The van der Waals surface area contributed by atoms with E-state index in [0.29, 0.717) is 26.8 Å². The Kier molecular flexibility index (Phi) is 3.57. The number of hydrogen-bond donors (Lipinski definition) is 1. The summed E-state index contributed by atoms with van der Waals surface area (Å²) in [4.78, 5) is 27.1. The number of H-pyrrole nitrogens is 1. The Morgan fingerprint density at radius 1 is 1.26 bits per heavy atom. The Morgan fingerprint density at radius 3 is 2.93 bits per heavy atom. The van der Waals surface area contributed by atoms with Crippen molar-refractivity contribution in [2.45, 2.75) is 13.0 Å². The van der Waals surface area contributed by atoms with Gasteiger partial charge >= 0.3 is 0 Å². The Hall–Kier alpha value is -2.77. The van der Waals surface area contributed by atoms with Crippen LogP contribution in [-0.4, -0.2) is 20.9 Å². The molecule has 5 nitrogen and oxygen atoms in total. The molecule has 0 bridgehead atoms. The van der Waals surface area contributed by atoms with E-state index in [1.807, 2.05) is 25.1 Å². The number of anilines is 1. The summed E-state index contributed by atoms with van der Waals surface area (Å²) in [5.41, 5.74) is 3.19. The van der Waals surface area contributed by atoms with Gasteiger partial charge in [0.15, 0.2) is 0 Å². The zero-order valence-electron chi connectivity index (χ0n) is 14.0. The second kappa shape index (κ2) is 5.87. The van der Waals surface area contributed by atoms with Gasteiger partial charge in [0.1, 0.15) is 16.7 Å². The van der Waals surface area contributed by atoms with Crippen molar-refractivity contribution >= 4 is 45.6 Å². The smallest absolute Gasteiger partial charge is 0.271 e. The lowest BCUT2D eigenvalue weighted by Crippen LogP contribution is -2.29. The highest BCUT2D eigenvalue weighted by molar-refractivity contribution is 7.14. The highest BCUT2D eigenvalue weighted by Gasteiger charge is 2.43. The molecule has 0 radical (unpaired) electrons. The van der Waals surface area contributed by atoms with Crippen LogP contribution in [0.2, 0.25) is 5.02 Å². The van der Waals surface area contributed by atoms with Gasteiger partial charge in [-0.2, -0.15) is 0 Å². The summed E-state index contributed by atoms with van der Waals surface area (Å²) in [5.74, 6) is -0.653. The first-order valence-corrected chi connectivity index (χ1v) is 9.41. The van der Waals surface area contributed by atoms with E-state index >= 15 is 0 Å². The number of thiazole rings is 1. The first kappa shape index (κ1) is 16.4. The fraction of sp³-hybridized carbons (Fsp3) is 0.105. The van der Waals surface area contributed by atoms with E-state index in [4.69, 9.17) is 11.6 Å². The van der Waals surface area contributed by atoms with Crippen LogP contribution in [0.3, 0.4) is 0 Å². The van der Waals surface area contributed by atoms with Crippen LogP contribution in [-0.2, 0) is 0 Å². The van der Waals surface area contributed by atoms with Crippen molar-refractivity contribution in [2.75, 3.05) is 4.90 Å². The molecule has 0 fully saturated rings. The van der Waals surface area contributed by atoms with Crippen LogP contribution < -0.4 is 4.90 Å². The fourth-order valence-electron chi connectivity index (χ4n) is 3.48. The summed E-state index contributed by atoms with van der Waals surface area (Å²) < 4.78 is 14.8. The van der Waals surface area contributed by atoms with E-state index in [2.05, 4.69) is 15.0 Å². The van der Waals surface area contributed by atoms with Crippen molar-refractivity contribution in [3.63, 3.8) is 0 Å². The molecule has 2 aromatic carbocycles. The molecule has 1 N–H and O–H groups in total. The number of rotatable bonds is 2. The van der Waals surface area contributed by atoms with Gasteiger partial charge in [0.05, 0.1) is 28.1 Å². The molecule has 27 heavy (non-hydrogen) atoms. The van der Waals surface area contributed by atoms with E-state index in [9.17, 15) is 9.18 Å². The molecule has 1 amide bonds. The Bertz CT molecular complexity index is 1220. The van der Waals surface area contributed by atoms with Gasteiger partial charge in [0, 0.05) is 16.3 Å². The third-order valence-electron chi connectivity index (χ3n) is 4.63. The largest absolute Gasteiger partial charge is 0.345 e. The van der Waals surface area contributed by atoms with Crippen LogP contribution in [0.15, 0.2) is 42.7 Å². The van der Waals surface area contributed by atoms with Crippen molar-refractivity contribution in [1.82, 2.24) is 15.0 Å². The lowest BCUT2D eigenvalue weighted by atomic mass is 10.0. The highest BCUT2D eigenvalue weighted by Crippen LogP contribution is 2.44. The first-order valence-electron chi connectivity index (χ1n) is 8.22. The number of fused-ring (bicyclic) bond motifs is 2. The number of aromatic nitrogens is 3. The number of aromatic amines is 1. The van der Waals surface area contributed by atoms with Gasteiger partial charge in [-0.25, -0.2) is 14.4 Å². The van der Waals surface area contributed by atoms with E-state index in [-0.39, 0.29) is 5.91 Å². The molecular weight excluding hydrogens is 387 g/mol. The minimum Gasteiger partial charge on any atom is -0.345 e. The number of benzene rings is 2. The predicted molar refractivity (Wildman–Crippen MR) is 103 cm³/mol. The van der Waals surface area contributed by atoms with Gasteiger partial charge in [-0.3, -0.25) is 9.69 Å². The van der Waals surface area contributed by atoms with Crippen LogP contribution in [0.4, 0.5) is 10.1 Å². The fourth-order valence-corrected chi connectivity index (χ4v) is 4.53. The van der Waals surface area contributed by atoms with Crippen LogP contribution in [0, 0.1) is 12.7 Å². The average Bonchev–Trinajstić information content (AvgIpc) is 3.30. The Labute approximate surface area is 162 Å². The SMILES string of the molecule is Cc1nc2c(s1)C(=O)N(c1ccc3nc[nH]c3c1)C2c1ccc(Cl)cc1F. The zero-order chi connectivity index (χ0) is 18.7. The lowest BCUT2D eigenvalue weighted by Gasteiger charge is -2.26. The number of halogens is 2. The van der Waals surface area contributed by atoms with Crippen LogP contribution >= 0.6 is 22.9 Å². The van der Waals surface area contributed by atoms with Crippen LogP contribution in [0.25, 0.3) is 11.0 Å². The molecule has 0 aliphatic carbocycles. The molecule has 4 aromatic rings. The monoisotopic (exact) mass is 398 g/mol. The Balaban J connectivity index is 1.72. The maximum atomic E-state index is 14.8. The molecule has 0 saturated carbocycles. The number of carbonyl (C=O) groups excluding carboxylic acids is 1. The number of nitrogens with zero attached hydrogens (tertiary/aromatic N) is 3. The molecule has 5 rings (SSSR count). The average molecular weight is 399 g/mol. The van der Waals surface area contributed by atoms with E-state index in [1.165, 1.54) is 17.4 Å². The van der Waals surface area contributed by atoms with Crippen molar-refractivity contribution in [3.8, 4) is 0 Å². The summed E-state index contributed by atoms with van der Waals surface area (Å²) in [6.07, 6.45) is 1.60. The lowest BCUT2D eigenvalue weighted by molar-refractivity contribution is 0.0996. The number of carbonyl (C=O) groups is 1. The van der Waals surface area contributed by atoms with Gasteiger partial charge in [-0.05, 0) is 37.3 Å². The summed E-state index contributed by atoms with van der Waals surface area (Å²) in [6, 6.07) is 9.33. The van der Waals surface area contributed by atoms with Gasteiger partial charge in [-0.1, -0.05) is 17.7 Å². The normalized spacial score (nSPS) is 16.3. The quantitative estimate of drug-likeness (QED) is 0.524. The molecule has 1 unspecified atom stereocenters. The number of aryl methyl sites for hydroxylation is 1. The summed E-state index contributed by atoms with van der Waals surface area (Å²) >= 11 is 7.24. The molecule has 1 atom stereocenters. The molecule has 1 aliphatic rings. The van der Waals surface area contributed by atoms with Crippen molar-refractivity contribution in [1.29, 1.82) is 0 Å². The van der Waals surface area contributed by atoms with E-state index in [1.54, 1.807) is 23.4 Å². The standard InChI is InChI=1S/C19H12ClFN4OS/c1-9-24-16-17(12-4-2-10(20)6-13(12)21)25(19(26)18(16)27-9)11-3-5-14-15(7-11)23-8-22-14/h2-8,17H,1H3,(H,22,23). The van der Waals surface area contributed by atoms with Gasteiger partial charge in [-0.15, -0.1) is 11.3 Å². The van der Waals surface area contributed by atoms with Crippen molar-refractivity contribution in [2.24, 2.45) is 0 Å². The van der Waals surface area contributed by atoms with Crippen LogP contribution in [0.1, 0.15) is 32.0 Å². The molecule has 134 valence electrons. The molecule has 8 heteroatoms. The molecule has 1 aliphatic heterocycles. The summed E-state index contributed by atoms with van der Waals surface area (Å²) in [7, 11) is 0. The summed E-state index contributed by atoms with van der Waals surface area (Å²) in [6.45, 7) is 1.84. The Morgan fingerprint density at radius 2 is 2.11 bits per heavy atom. The maximum absolute atomic E-state index is 14.8. The number of imidazole rings is 1. The summed E-state index contributed by atoms with van der Waals surface area (Å²) in [5, 5.41) is 1.08. The van der Waals surface area contributed by atoms with Gasteiger partial charge in [0.25, 0.3) is 5.91 Å². The van der Waals surface area contributed by atoms with Gasteiger partial charge < -0.3 is 4.98 Å². The zero-order valence-corrected chi connectivity index (χ0v) is 15.6. The molecular formula is C19H12ClFN4OS.